The van der Waals surface area contributed by atoms with E-state index in [0.717, 1.165) is 38.3 Å². The van der Waals surface area contributed by atoms with Crippen LogP contribution in [0.5, 0.6) is 0 Å². The first-order valence-corrected chi connectivity index (χ1v) is 8.72. The Balaban J connectivity index is 1.70. The summed E-state index contributed by atoms with van der Waals surface area (Å²) in [6.45, 7) is 3.85. The molecule has 0 amide bonds. The summed E-state index contributed by atoms with van der Waals surface area (Å²) in [6, 6.07) is 4.87. The van der Waals surface area contributed by atoms with Crippen LogP contribution in [0.15, 0.2) is 30.6 Å². The fraction of sp³-hybridized carbons (Fsp3) is 0.500. The van der Waals surface area contributed by atoms with E-state index in [9.17, 15) is 4.39 Å². The van der Waals surface area contributed by atoms with Crippen LogP contribution in [0.2, 0.25) is 5.02 Å². The standard InChI is InChI=1S/C18H23ClFN3O/c1-24-11-10-23-9-7-21-18(23)14-4-3-8-22(12-14)13-15-16(19)5-2-6-17(15)20/h2,5-7,9,14H,3-4,8,10-13H2,1H3. The number of aromatic nitrogens is 2. The Morgan fingerprint density at radius 2 is 2.29 bits per heavy atom. The number of nitrogens with zero attached hydrogens (tertiary/aromatic N) is 3. The molecule has 0 spiro atoms. The van der Waals surface area contributed by atoms with Crippen LogP contribution < -0.4 is 0 Å². The van der Waals surface area contributed by atoms with Gasteiger partial charge in [0.1, 0.15) is 11.6 Å². The number of imidazole rings is 1. The number of ether oxygens (including phenoxy) is 1. The number of likely N-dealkylation sites (tertiary alicyclic amines) is 1. The molecule has 0 radical (unpaired) electrons. The Kier molecular flexibility index (Phi) is 5.87. The van der Waals surface area contributed by atoms with Crippen molar-refractivity contribution >= 4 is 11.6 Å². The van der Waals surface area contributed by atoms with E-state index in [1.807, 2.05) is 12.4 Å². The van der Waals surface area contributed by atoms with E-state index >= 15 is 0 Å². The van der Waals surface area contributed by atoms with Gasteiger partial charge in [0.05, 0.1) is 6.61 Å². The van der Waals surface area contributed by atoms with Crippen LogP contribution >= 0.6 is 11.6 Å². The predicted molar refractivity (Wildman–Crippen MR) is 92.8 cm³/mol. The number of benzene rings is 1. The van der Waals surface area contributed by atoms with Crippen molar-refractivity contribution < 1.29 is 9.13 Å². The summed E-state index contributed by atoms with van der Waals surface area (Å²) in [7, 11) is 1.71. The van der Waals surface area contributed by atoms with Crippen LogP contribution in [-0.2, 0) is 17.8 Å². The molecule has 1 aliphatic heterocycles. The normalized spacial score (nSPS) is 18.9. The van der Waals surface area contributed by atoms with Gasteiger partial charge in [-0.15, -0.1) is 0 Å². The molecular weight excluding hydrogens is 329 g/mol. The molecule has 0 aliphatic carbocycles. The highest BCUT2D eigenvalue weighted by atomic mass is 35.5. The number of piperidine rings is 1. The lowest BCUT2D eigenvalue weighted by atomic mass is 9.96. The fourth-order valence-corrected chi connectivity index (χ4v) is 3.60. The van der Waals surface area contributed by atoms with Gasteiger partial charge in [-0.3, -0.25) is 4.90 Å². The molecule has 24 heavy (non-hydrogen) atoms. The molecule has 1 saturated heterocycles. The van der Waals surface area contributed by atoms with Crippen LogP contribution in [0, 0.1) is 5.82 Å². The first-order chi connectivity index (χ1) is 11.7. The smallest absolute Gasteiger partial charge is 0.129 e. The van der Waals surface area contributed by atoms with Crippen LogP contribution in [0.1, 0.15) is 30.1 Å². The van der Waals surface area contributed by atoms with Crippen molar-refractivity contribution in [3.8, 4) is 0 Å². The van der Waals surface area contributed by atoms with Gasteiger partial charge < -0.3 is 9.30 Å². The zero-order chi connectivity index (χ0) is 16.9. The highest BCUT2D eigenvalue weighted by Gasteiger charge is 2.25. The monoisotopic (exact) mass is 351 g/mol. The van der Waals surface area contributed by atoms with Gasteiger partial charge in [0.15, 0.2) is 0 Å². The summed E-state index contributed by atoms with van der Waals surface area (Å²) in [5.74, 6) is 1.22. The zero-order valence-corrected chi connectivity index (χ0v) is 14.7. The summed E-state index contributed by atoms with van der Waals surface area (Å²) in [6.07, 6.45) is 6.03. The van der Waals surface area contributed by atoms with Gasteiger partial charge in [-0.2, -0.15) is 0 Å². The summed E-state index contributed by atoms with van der Waals surface area (Å²) in [5.41, 5.74) is 0.586. The van der Waals surface area contributed by atoms with Gasteiger partial charge in [-0.25, -0.2) is 9.37 Å². The topological polar surface area (TPSA) is 30.3 Å². The van der Waals surface area contributed by atoms with Crippen molar-refractivity contribution in [1.29, 1.82) is 0 Å². The first-order valence-electron chi connectivity index (χ1n) is 8.34. The Morgan fingerprint density at radius 3 is 3.08 bits per heavy atom. The van der Waals surface area contributed by atoms with Gasteiger partial charge in [-0.05, 0) is 31.5 Å². The van der Waals surface area contributed by atoms with Gasteiger partial charge in [0.25, 0.3) is 0 Å². The molecule has 1 aliphatic rings. The Labute approximate surface area is 147 Å². The summed E-state index contributed by atoms with van der Waals surface area (Å²) < 4.78 is 21.4. The average Bonchev–Trinajstić information content (AvgIpc) is 3.05. The van der Waals surface area contributed by atoms with Crippen LogP contribution in [0.4, 0.5) is 4.39 Å². The molecule has 1 aromatic carbocycles. The van der Waals surface area contributed by atoms with Crippen LogP contribution in [0.25, 0.3) is 0 Å². The maximum absolute atomic E-state index is 14.0. The van der Waals surface area contributed by atoms with Crippen LogP contribution in [-0.4, -0.2) is 41.3 Å². The number of halogens is 2. The molecule has 0 N–H and O–H groups in total. The quantitative estimate of drug-likeness (QED) is 0.795. The second kappa shape index (κ2) is 8.10. The van der Waals surface area contributed by atoms with Crippen molar-refractivity contribution in [2.24, 2.45) is 0 Å². The maximum atomic E-state index is 14.0. The number of rotatable bonds is 6. The van der Waals surface area contributed by atoms with Crippen molar-refractivity contribution in [2.75, 3.05) is 26.8 Å². The number of hydrogen-bond acceptors (Lipinski definition) is 3. The third kappa shape index (κ3) is 3.97. The number of methoxy groups -OCH3 is 1. The molecule has 2 aromatic rings. The van der Waals surface area contributed by atoms with Crippen molar-refractivity contribution in [1.82, 2.24) is 14.5 Å². The van der Waals surface area contributed by atoms with E-state index in [-0.39, 0.29) is 5.82 Å². The van der Waals surface area contributed by atoms with Gasteiger partial charge in [0.2, 0.25) is 0 Å². The lowest BCUT2D eigenvalue weighted by Gasteiger charge is -2.33. The Hall–Kier alpha value is -1.43. The second-order valence-corrected chi connectivity index (χ2v) is 6.65. The molecule has 1 aromatic heterocycles. The Bertz CT molecular complexity index is 656. The Morgan fingerprint density at radius 1 is 1.42 bits per heavy atom. The van der Waals surface area contributed by atoms with Gasteiger partial charge in [0, 0.05) is 55.6 Å². The maximum Gasteiger partial charge on any atom is 0.129 e. The van der Waals surface area contributed by atoms with Crippen molar-refractivity contribution in [2.45, 2.75) is 31.8 Å². The highest BCUT2D eigenvalue weighted by Crippen LogP contribution is 2.28. The van der Waals surface area contributed by atoms with Crippen molar-refractivity contribution in [3.63, 3.8) is 0 Å². The lowest BCUT2D eigenvalue weighted by molar-refractivity contribution is 0.177. The van der Waals surface area contributed by atoms with Crippen LogP contribution in [0.3, 0.4) is 0 Å². The van der Waals surface area contributed by atoms with E-state index in [1.54, 1.807) is 19.2 Å². The average molecular weight is 352 g/mol. The van der Waals surface area contributed by atoms with E-state index in [1.165, 1.54) is 6.07 Å². The molecular formula is C18H23ClFN3O. The largest absolute Gasteiger partial charge is 0.383 e. The van der Waals surface area contributed by atoms with Crippen molar-refractivity contribution in [3.05, 3.63) is 52.8 Å². The molecule has 3 rings (SSSR count). The molecule has 0 bridgehead atoms. The molecule has 1 unspecified atom stereocenters. The van der Waals surface area contributed by atoms with E-state index < -0.39 is 0 Å². The molecule has 1 atom stereocenters. The minimum atomic E-state index is -0.230. The van der Waals surface area contributed by atoms with E-state index in [4.69, 9.17) is 16.3 Å². The SMILES string of the molecule is COCCn1ccnc1C1CCCN(Cc2c(F)cccc2Cl)C1. The summed E-state index contributed by atoms with van der Waals surface area (Å²) in [5, 5.41) is 0.499. The summed E-state index contributed by atoms with van der Waals surface area (Å²) in [4.78, 5) is 6.82. The molecule has 0 saturated carbocycles. The minimum Gasteiger partial charge on any atom is -0.383 e. The molecule has 4 nitrogen and oxygen atoms in total. The second-order valence-electron chi connectivity index (χ2n) is 6.25. The zero-order valence-electron chi connectivity index (χ0n) is 13.9. The molecule has 130 valence electrons. The third-order valence-corrected chi connectivity index (χ3v) is 4.95. The van der Waals surface area contributed by atoms with E-state index in [0.29, 0.717) is 29.7 Å². The predicted octanol–water partition coefficient (Wildman–Crippen LogP) is 3.70. The minimum absolute atomic E-state index is 0.230. The third-order valence-electron chi connectivity index (χ3n) is 4.60. The first kappa shape index (κ1) is 17.4. The highest BCUT2D eigenvalue weighted by molar-refractivity contribution is 6.31. The molecule has 6 heteroatoms. The lowest BCUT2D eigenvalue weighted by Crippen LogP contribution is -2.35. The fourth-order valence-electron chi connectivity index (χ4n) is 3.38. The van der Waals surface area contributed by atoms with E-state index in [2.05, 4.69) is 14.5 Å². The molecule has 2 heterocycles. The summed E-state index contributed by atoms with van der Waals surface area (Å²) >= 11 is 6.17. The van der Waals surface area contributed by atoms with Gasteiger partial charge >= 0.3 is 0 Å². The molecule has 1 fully saturated rings. The number of hydrogen-bond donors (Lipinski definition) is 0. The van der Waals surface area contributed by atoms with Gasteiger partial charge in [-0.1, -0.05) is 17.7 Å².